The molecule has 0 bridgehead atoms. The van der Waals surface area contributed by atoms with Gasteiger partial charge in [0.1, 0.15) is 5.69 Å². The predicted octanol–water partition coefficient (Wildman–Crippen LogP) is -0.361. The van der Waals surface area contributed by atoms with Crippen LogP contribution < -0.4 is 5.32 Å². The molecule has 1 fully saturated rings. The Morgan fingerprint density at radius 1 is 1.26 bits per heavy atom. The van der Waals surface area contributed by atoms with Crippen LogP contribution >= 0.6 is 0 Å². The van der Waals surface area contributed by atoms with E-state index in [4.69, 9.17) is 0 Å². The highest BCUT2D eigenvalue weighted by Gasteiger charge is 2.33. The van der Waals surface area contributed by atoms with Crippen LogP contribution in [0.3, 0.4) is 0 Å². The lowest BCUT2D eigenvalue weighted by atomic mass is 10.1. The van der Waals surface area contributed by atoms with Gasteiger partial charge in [0.15, 0.2) is 0 Å². The van der Waals surface area contributed by atoms with E-state index in [0.717, 1.165) is 11.3 Å². The van der Waals surface area contributed by atoms with Gasteiger partial charge in [0, 0.05) is 12.1 Å². The molecule has 1 aliphatic heterocycles. The fourth-order valence-corrected chi connectivity index (χ4v) is 2.28. The fourth-order valence-electron chi connectivity index (χ4n) is 2.28. The summed E-state index contributed by atoms with van der Waals surface area (Å²) in [6, 6.07) is 9.61. The Labute approximate surface area is 110 Å². The molecule has 2 aromatic rings. The number of hydrogen-bond acceptors (Lipinski definition) is 5. The van der Waals surface area contributed by atoms with Crippen molar-refractivity contribution in [3.05, 3.63) is 36.5 Å². The first-order valence-corrected chi connectivity index (χ1v) is 6.29. The molecule has 0 radical (unpaired) electrons. The number of aromatic nitrogens is 3. The minimum absolute atomic E-state index is 0.194. The number of aliphatic hydroxyl groups excluding tert-OH is 2. The highest BCUT2D eigenvalue weighted by atomic mass is 16.3. The average Bonchev–Trinajstić information content (AvgIpc) is 3.02. The Hall–Kier alpha value is -1.76. The summed E-state index contributed by atoms with van der Waals surface area (Å²) in [5, 5.41) is 30.5. The lowest BCUT2D eigenvalue weighted by Crippen LogP contribution is -2.36. The van der Waals surface area contributed by atoms with Crippen molar-refractivity contribution < 1.29 is 10.2 Å². The number of nitrogens with one attached hydrogen (secondary N) is 1. The summed E-state index contributed by atoms with van der Waals surface area (Å²) in [6.07, 6.45) is 0.375. The standard InChI is InChI=1S/C13H16N4O2/c18-12-6-14-11(13(12)19)8-17-7-10(15-16-17)9-4-2-1-3-5-9/h1-5,7,11-14,18-19H,6,8H2/t11-,12-,13+/m1/s1. The van der Waals surface area contributed by atoms with Gasteiger partial charge in [-0.2, -0.15) is 0 Å². The predicted molar refractivity (Wildman–Crippen MR) is 69.3 cm³/mol. The molecule has 6 heteroatoms. The zero-order valence-electron chi connectivity index (χ0n) is 10.3. The van der Waals surface area contributed by atoms with Crippen LogP contribution in [0.2, 0.25) is 0 Å². The monoisotopic (exact) mass is 260 g/mol. The van der Waals surface area contributed by atoms with Gasteiger partial charge in [-0.15, -0.1) is 5.10 Å². The van der Waals surface area contributed by atoms with Gasteiger partial charge < -0.3 is 15.5 Å². The van der Waals surface area contributed by atoms with Crippen molar-refractivity contribution in [1.82, 2.24) is 20.3 Å². The van der Waals surface area contributed by atoms with Crippen LogP contribution in [0.25, 0.3) is 11.3 Å². The number of aliphatic hydroxyl groups is 2. The Morgan fingerprint density at radius 3 is 2.74 bits per heavy atom. The van der Waals surface area contributed by atoms with E-state index in [1.54, 1.807) is 4.68 Å². The minimum atomic E-state index is -0.760. The van der Waals surface area contributed by atoms with Crippen molar-refractivity contribution in [2.24, 2.45) is 0 Å². The Balaban J connectivity index is 1.72. The third-order valence-electron chi connectivity index (χ3n) is 3.39. The first kappa shape index (κ1) is 12.3. The number of rotatable bonds is 3. The molecule has 0 aliphatic carbocycles. The summed E-state index contributed by atoms with van der Waals surface area (Å²) >= 11 is 0. The van der Waals surface area contributed by atoms with Crippen LogP contribution in [-0.2, 0) is 6.54 Å². The molecule has 0 unspecified atom stereocenters. The molecule has 3 N–H and O–H groups in total. The third-order valence-corrected chi connectivity index (χ3v) is 3.39. The Morgan fingerprint density at radius 2 is 2.05 bits per heavy atom. The number of nitrogens with zero attached hydrogens (tertiary/aromatic N) is 3. The van der Waals surface area contributed by atoms with Crippen LogP contribution in [0, 0.1) is 0 Å². The molecule has 2 heterocycles. The molecule has 1 saturated heterocycles. The molecule has 3 atom stereocenters. The lowest BCUT2D eigenvalue weighted by Gasteiger charge is -2.15. The highest BCUT2D eigenvalue weighted by molar-refractivity contribution is 5.57. The van der Waals surface area contributed by atoms with Crippen LogP contribution in [0.5, 0.6) is 0 Å². The van der Waals surface area contributed by atoms with Gasteiger partial charge >= 0.3 is 0 Å². The second-order valence-electron chi connectivity index (χ2n) is 4.76. The maximum absolute atomic E-state index is 9.77. The van der Waals surface area contributed by atoms with Gasteiger partial charge in [-0.3, -0.25) is 4.68 Å². The van der Waals surface area contributed by atoms with Crippen molar-refractivity contribution in [1.29, 1.82) is 0 Å². The number of β-amino-alcohol motifs (C(OH)–C–C–N with tert-alkyl or cyclic N) is 1. The van der Waals surface area contributed by atoms with Gasteiger partial charge in [0.2, 0.25) is 0 Å². The maximum Gasteiger partial charge on any atom is 0.113 e. The lowest BCUT2D eigenvalue weighted by molar-refractivity contribution is 0.0372. The number of benzene rings is 1. The normalized spacial score (nSPS) is 26.7. The van der Waals surface area contributed by atoms with E-state index >= 15 is 0 Å². The van der Waals surface area contributed by atoms with Crippen molar-refractivity contribution in [2.75, 3.05) is 6.54 Å². The van der Waals surface area contributed by atoms with E-state index in [1.165, 1.54) is 0 Å². The van der Waals surface area contributed by atoms with Gasteiger partial charge in [-0.05, 0) is 0 Å². The topological polar surface area (TPSA) is 83.2 Å². The average molecular weight is 260 g/mol. The van der Waals surface area contributed by atoms with Crippen molar-refractivity contribution in [3.63, 3.8) is 0 Å². The van der Waals surface area contributed by atoms with Crippen LogP contribution in [-0.4, -0.2) is 50.0 Å². The van der Waals surface area contributed by atoms with Crippen LogP contribution in [0.4, 0.5) is 0 Å². The summed E-state index contributed by atoms with van der Waals surface area (Å²) in [7, 11) is 0. The second-order valence-corrected chi connectivity index (χ2v) is 4.76. The van der Waals surface area contributed by atoms with E-state index in [0.29, 0.717) is 13.1 Å². The molecule has 1 aliphatic rings. The Kier molecular flexibility index (Phi) is 3.29. The largest absolute Gasteiger partial charge is 0.389 e. The zero-order chi connectivity index (χ0) is 13.2. The van der Waals surface area contributed by atoms with E-state index in [9.17, 15) is 10.2 Å². The quantitative estimate of drug-likeness (QED) is 0.702. The summed E-state index contributed by atoms with van der Waals surface area (Å²) in [5.41, 5.74) is 1.81. The van der Waals surface area contributed by atoms with E-state index in [1.807, 2.05) is 36.5 Å². The molecular formula is C13H16N4O2. The van der Waals surface area contributed by atoms with Crippen molar-refractivity contribution in [2.45, 2.75) is 24.8 Å². The molecular weight excluding hydrogens is 244 g/mol. The summed E-state index contributed by atoms with van der Waals surface area (Å²) in [5.74, 6) is 0. The molecule has 0 spiro atoms. The molecule has 100 valence electrons. The van der Waals surface area contributed by atoms with Crippen molar-refractivity contribution in [3.8, 4) is 11.3 Å². The van der Waals surface area contributed by atoms with E-state index < -0.39 is 12.2 Å². The molecule has 6 nitrogen and oxygen atoms in total. The number of hydrogen-bond donors (Lipinski definition) is 3. The van der Waals surface area contributed by atoms with Crippen LogP contribution in [0.1, 0.15) is 0 Å². The van der Waals surface area contributed by atoms with Crippen molar-refractivity contribution >= 4 is 0 Å². The molecule has 19 heavy (non-hydrogen) atoms. The third kappa shape index (κ3) is 2.51. The minimum Gasteiger partial charge on any atom is -0.389 e. The fraction of sp³-hybridized carbons (Fsp3) is 0.385. The second kappa shape index (κ2) is 5.08. The Bertz CT molecular complexity index is 543. The molecule has 1 aromatic heterocycles. The molecule has 0 amide bonds. The summed E-state index contributed by atoms with van der Waals surface area (Å²) in [4.78, 5) is 0. The SMILES string of the molecule is O[C@@H]1[C@H](O)CN[C@@H]1Cn1cc(-c2ccccc2)nn1. The smallest absolute Gasteiger partial charge is 0.113 e. The van der Waals surface area contributed by atoms with E-state index in [-0.39, 0.29) is 6.04 Å². The first-order valence-electron chi connectivity index (χ1n) is 6.29. The molecule has 0 saturated carbocycles. The molecule has 1 aromatic carbocycles. The first-order chi connectivity index (χ1) is 9.24. The summed E-state index contributed by atoms with van der Waals surface area (Å²) in [6.45, 7) is 0.893. The van der Waals surface area contributed by atoms with Gasteiger partial charge in [0.05, 0.1) is 31.0 Å². The van der Waals surface area contributed by atoms with Gasteiger partial charge in [-0.1, -0.05) is 35.5 Å². The summed E-state index contributed by atoms with van der Waals surface area (Å²) < 4.78 is 1.68. The van der Waals surface area contributed by atoms with E-state index in [2.05, 4.69) is 15.6 Å². The van der Waals surface area contributed by atoms with Crippen LogP contribution in [0.15, 0.2) is 36.5 Å². The van der Waals surface area contributed by atoms with Gasteiger partial charge in [-0.25, -0.2) is 0 Å². The molecule has 3 rings (SSSR count). The zero-order valence-corrected chi connectivity index (χ0v) is 10.3. The highest BCUT2D eigenvalue weighted by Crippen LogP contribution is 2.16. The maximum atomic E-state index is 9.77. The van der Waals surface area contributed by atoms with Gasteiger partial charge in [0.25, 0.3) is 0 Å².